The smallest absolute Gasteiger partial charge is 0.337 e. The number of allylic oxidation sites excluding steroid dienone is 4. The van der Waals surface area contributed by atoms with E-state index in [0.717, 1.165) is 6.07 Å². The maximum Gasteiger partial charge on any atom is 0.337 e. The summed E-state index contributed by atoms with van der Waals surface area (Å²) in [5.41, 5.74) is 1.75. The van der Waals surface area contributed by atoms with Crippen LogP contribution in [0.3, 0.4) is 0 Å². The van der Waals surface area contributed by atoms with Crippen LogP contribution in [0.15, 0.2) is 40.5 Å². The van der Waals surface area contributed by atoms with E-state index < -0.39 is 11.8 Å². The van der Waals surface area contributed by atoms with Crippen molar-refractivity contribution in [2.75, 3.05) is 7.11 Å². The first kappa shape index (κ1) is 16.8. The highest BCUT2D eigenvalue weighted by Gasteiger charge is 2.28. The number of carbonyl (C=O) groups is 3. The number of ether oxygens (including phenoxy) is 1. The molecule has 5 heteroatoms. The number of hydrogen-bond donors (Lipinski definition) is 0. The van der Waals surface area contributed by atoms with Crippen LogP contribution in [-0.4, -0.2) is 24.6 Å². The van der Waals surface area contributed by atoms with Gasteiger partial charge in [-0.3, -0.25) is 9.59 Å². The average molecular weight is 316 g/mol. The Bertz CT molecular complexity index is 784. The Labute approximate surface area is 133 Å². The first-order chi connectivity index (χ1) is 10.8. The molecular formula is C18H17FO4. The molecule has 0 saturated heterocycles. The number of carbonyl (C=O) groups excluding carboxylic acids is 3. The van der Waals surface area contributed by atoms with Crippen LogP contribution in [0.4, 0.5) is 4.39 Å². The summed E-state index contributed by atoms with van der Waals surface area (Å²) < 4.78 is 18.6. The van der Waals surface area contributed by atoms with E-state index in [4.69, 9.17) is 0 Å². The highest BCUT2D eigenvalue weighted by molar-refractivity contribution is 6.24. The lowest BCUT2D eigenvalue weighted by Crippen LogP contribution is -2.22. The van der Waals surface area contributed by atoms with Crippen LogP contribution in [-0.2, 0) is 20.7 Å². The highest BCUT2D eigenvalue weighted by Crippen LogP contribution is 2.27. The second kappa shape index (κ2) is 6.28. The Hall–Kier alpha value is -2.56. The fourth-order valence-corrected chi connectivity index (χ4v) is 2.51. The summed E-state index contributed by atoms with van der Waals surface area (Å²) in [6, 6.07) is 3.81. The van der Waals surface area contributed by atoms with E-state index in [-0.39, 0.29) is 34.7 Å². The number of esters is 1. The molecule has 23 heavy (non-hydrogen) atoms. The topological polar surface area (TPSA) is 60.4 Å². The molecule has 0 aromatic heterocycles. The van der Waals surface area contributed by atoms with Gasteiger partial charge in [0.1, 0.15) is 5.82 Å². The van der Waals surface area contributed by atoms with Gasteiger partial charge in [-0.1, -0.05) is 0 Å². The zero-order chi connectivity index (χ0) is 17.3. The fourth-order valence-electron chi connectivity index (χ4n) is 2.51. The third-order valence-electron chi connectivity index (χ3n) is 4.15. The predicted molar refractivity (Wildman–Crippen MR) is 82.5 cm³/mol. The molecule has 1 aromatic rings. The fraction of sp³-hybridized carbons (Fsp3) is 0.278. The van der Waals surface area contributed by atoms with Gasteiger partial charge < -0.3 is 4.74 Å². The number of Topliss-reactive ketones (excluding diaryl/α,β-unsaturated/α-hetero) is 2. The van der Waals surface area contributed by atoms with E-state index >= 15 is 0 Å². The van der Waals surface area contributed by atoms with E-state index in [1.165, 1.54) is 19.2 Å². The van der Waals surface area contributed by atoms with Crippen LogP contribution in [0, 0.1) is 5.82 Å². The van der Waals surface area contributed by atoms with E-state index in [0.29, 0.717) is 16.7 Å². The Morgan fingerprint density at radius 1 is 1.04 bits per heavy atom. The largest absolute Gasteiger partial charge is 0.465 e. The van der Waals surface area contributed by atoms with Crippen molar-refractivity contribution >= 4 is 17.5 Å². The SMILES string of the molecule is COC(=O)c1ccc(F)c(CC2=C(C)C(=O)C(C)=C(C)C2=O)c1. The number of ketones is 2. The zero-order valence-corrected chi connectivity index (χ0v) is 13.5. The second-order valence-electron chi connectivity index (χ2n) is 5.49. The Kier molecular flexibility index (Phi) is 4.59. The van der Waals surface area contributed by atoms with Crippen LogP contribution in [0.2, 0.25) is 0 Å². The Morgan fingerprint density at radius 3 is 2.26 bits per heavy atom. The maximum atomic E-state index is 14.0. The van der Waals surface area contributed by atoms with Crippen molar-refractivity contribution in [3.63, 3.8) is 0 Å². The molecule has 0 bridgehead atoms. The number of hydrogen-bond acceptors (Lipinski definition) is 4. The molecular weight excluding hydrogens is 299 g/mol. The molecule has 0 atom stereocenters. The third kappa shape index (κ3) is 2.99. The molecule has 0 heterocycles. The molecule has 1 aromatic carbocycles. The van der Waals surface area contributed by atoms with E-state index in [9.17, 15) is 18.8 Å². The number of methoxy groups -OCH3 is 1. The van der Waals surface area contributed by atoms with Gasteiger partial charge in [0, 0.05) is 28.7 Å². The Balaban J connectivity index is 2.45. The molecule has 0 N–H and O–H groups in total. The van der Waals surface area contributed by atoms with Gasteiger partial charge in [-0.15, -0.1) is 0 Å². The zero-order valence-electron chi connectivity index (χ0n) is 13.5. The highest BCUT2D eigenvalue weighted by atomic mass is 19.1. The molecule has 0 unspecified atom stereocenters. The molecule has 0 amide bonds. The Morgan fingerprint density at radius 2 is 1.65 bits per heavy atom. The van der Waals surface area contributed by atoms with Gasteiger partial charge in [-0.05, 0) is 44.5 Å². The minimum Gasteiger partial charge on any atom is -0.465 e. The van der Waals surface area contributed by atoms with Crippen molar-refractivity contribution in [3.8, 4) is 0 Å². The van der Waals surface area contributed by atoms with Gasteiger partial charge in [-0.25, -0.2) is 9.18 Å². The van der Waals surface area contributed by atoms with Crippen molar-refractivity contribution < 1.29 is 23.5 Å². The molecule has 0 fully saturated rings. The van der Waals surface area contributed by atoms with Gasteiger partial charge in [0.2, 0.25) is 0 Å². The monoisotopic (exact) mass is 316 g/mol. The van der Waals surface area contributed by atoms with Crippen LogP contribution >= 0.6 is 0 Å². The normalized spacial score (nSPS) is 15.3. The summed E-state index contributed by atoms with van der Waals surface area (Å²) >= 11 is 0. The molecule has 120 valence electrons. The first-order valence-electron chi connectivity index (χ1n) is 7.11. The van der Waals surface area contributed by atoms with E-state index in [2.05, 4.69) is 4.74 Å². The summed E-state index contributed by atoms with van der Waals surface area (Å²) in [6.45, 7) is 4.76. The summed E-state index contributed by atoms with van der Waals surface area (Å²) in [4.78, 5) is 36.1. The molecule has 0 radical (unpaired) electrons. The number of benzene rings is 1. The lowest BCUT2D eigenvalue weighted by molar-refractivity contribution is -0.116. The molecule has 0 saturated carbocycles. The van der Waals surface area contributed by atoms with Crippen LogP contribution in [0.1, 0.15) is 36.7 Å². The average Bonchev–Trinajstić information content (AvgIpc) is 2.55. The summed E-state index contributed by atoms with van der Waals surface area (Å²) in [7, 11) is 1.23. The quantitative estimate of drug-likeness (QED) is 0.635. The van der Waals surface area contributed by atoms with Crippen molar-refractivity contribution in [2.24, 2.45) is 0 Å². The third-order valence-corrected chi connectivity index (χ3v) is 4.15. The second-order valence-corrected chi connectivity index (χ2v) is 5.49. The van der Waals surface area contributed by atoms with Crippen LogP contribution in [0.25, 0.3) is 0 Å². The maximum absolute atomic E-state index is 14.0. The van der Waals surface area contributed by atoms with Gasteiger partial charge in [-0.2, -0.15) is 0 Å². The van der Waals surface area contributed by atoms with Crippen molar-refractivity contribution in [2.45, 2.75) is 27.2 Å². The molecule has 1 aliphatic carbocycles. The molecule has 0 spiro atoms. The van der Waals surface area contributed by atoms with Crippen LogP contribution < -0.4 is 0 Å². The van der Waals surface area contributed by atoms with Gasteiger partial charge >= 0.3 is 5.97 Å². The minimum atomic E-state index is -0.588. The van der Waals surface area contributed by atoms with Gasteiger partial charge in [0.25, 0.3) is 0 Å². The van der Waals surface area contributed by atoms with Crippen molar-refractivity contribution in [1.82, 2.24) is 0 Å². The van der Waals surface area contributed by atoms with Crippen molar-refractivity contribution in [3.05, 3.63) is 57.4 Å². The summed E-state index contributed by atoms with van der Waals surface area (Å²) in [5, 5.41) is 0. The van der Waals surface area contributed by atoms with E-state index in [1.54, 1.807) is 20.8 Å². The van der Waals surface area contributed by atoms with Gasteiger partial charge in [0.15, 0.2) is 11.6 Å². The predicted octanol–water partition coefficient (Wildman–Crippen LogP) is 2.96. The number of rotatable bonds is 3. The molecule has 0 aliphatic heterocycles. The lowest BCUT2D eigenvalue weighted by Gasteiger charge is -2.19. The van der Waals surface area contributed by atoms with E-state index in [1.807, 2.05) is 0 Å². The minimum absolute atomic E-state index is 0.0440. The van der Waals surface area contributed by atoms with Crippen molar-refractivity contribution in [1.29, 1.82) is 0 Å². The molecule has 4 nitrogen and oxygen atoms in total. The number of halogens is 1. The first-order valence-corrected chi connectivity index (χ1v) is 7.11. The summed E-state index contributed by atoms with van der Waals surface area (Å²) in [6.07, 6.45) is -0.0440. The van der Waals surface area contributed by atoms with Crippen LogP contribution in [0.5, 0.6) is 0 Å². The molecule has 2 rings (SSSR count). The van der Waals surface area contributed by atoms with Gasteiger partial charge in [0.05, 0.1) is 12.7 Å². The molecule has 1 aliphatic rings. The summed E-state index contributed by atoms with van der Waals surface area (Å²) in [5.74, 6) is -1.60. The lowest BCUT2D eigenvalue weighted by atomic mass is 9.83. The standard InChI is InChI=1S/C18H17FO4/c1-9-10(2)17(21)14(11(3)16(9)20)8-13-7-12(18(22)23-4)5-6-15(13)19/h5-7H,8H2,1-4H3.